The third kappa shape index (κ3) is 3.69. The third-order valence-corrected chi connectivity index (χ3v) is 3.37. The van der Waals surface area contributed by atoms with E-state index in [4.69, 9.17) is 9.84 Å². The van der Waals surface area contributed by atoms with Gasteiger partial charge in [-0.15, -0.1) is 0 Å². The SMILES string of the molecule is O=C(O)C1CCN(C(=O)COc2ccc(F)cc2)CC1. The molecule has 1 N–H and O–H groups in total. The quantitative estimate of drug-likeness (QED) is 0.908. The minimum absolute atomic E-state index is 0.122. The summed E-state index contributed by atoms with van der Waals surface area (Å²) >= 11 is 0. The fraction of sp³-hybridized carbons (Fsp3) is 0.429. The lowest BCUT2D eigenvalue weighted by Crippen LogP contribution is -2.42. The average Bonchev–Trinajstić information content (AvgIpc) is 2.46. The van der Waals surface area contributed by atoms with Crippen molar-refractivity contribution in [3.05, 3.63) is 30.1 Å². The fourth-order valence-electron chi connectivity index (χ4n) is 2.14. The van der Waals surface area contributed by atoms with Crippen LogP contribution in [0.15, 0.2) is 24.3 Å². The van der Waals surface area contributed by atoms with Gasteiger partial charge < -0.3 is 14.7 Å². The lowest BCUT2D eigenvalue weighted by atomic mass is 9.97. The van der Waals surface area contributed by atoms with Crippen LogP contribution in [0.3, 0.4) is 0 Å². The number of carboxylic acids is 1. The molecule has 2 rings (SSSR count). The summed E-state index contributed by atoms with van der Waals surface area (Å²) < 4.78 is 18.0. The summed E-state index contributed by atoms with van der Waals surface area (Å²) in [4.78, 5) is 24.3. The molecule has 1 aromatic rings. The first kappa shape index (κ1) is 14.3. The normalized spacial score (nSPS) is 15.9. The first-order chi connectivity index (χ1) is 9.56. The lowest BCUT2D eigenvalue weighted by molar-refractivity contribution is -0.146. The minimum atomic E-state index is -0.806. The molecule has 0 spiro atoms. The van der Waals surface area contributed by atoms with Gasteiger partial charge in [0.2, 0.25) is 0 Å². The van der Waals surface area contributed by atoms with Crippen LogP contribution in [-0.4, -0.2) is 41.6 Å². The standard InChI is InChI=1S/C14H16FNO4/c15-11-1-3-12(4-2-11)20-9-13(17)16-7-5-10(6-8-16)14(18)19/h1-4,10H,5-9H2,(H,18,19). The van der Waals surface area contributed by atoms with E-state index in [9.17, 15) is 14.0 Å². The second-order valence-electron chi connectivity index (χ2n) is 4.74. The van der Waals surface area contributed by atoms with Gasteiger partial charge in [-0.3, -0.25) is 9.59 Å². The van der Waals surface area contributed by atoms with E-state index in [0.29, 0.717) is 31.7 Å². The van der Waals surface area contributed by atoms with Gasteiger partial charge in [-0.25, -0.2) is 4.39 Å². The summed E-state index contributed by atoms with van der Waals surface area (Å²) in [5.74, 6) is -1.28. The van der Waals surface area contributed by atoms with Crippen LogP contribution in [0.4, 0.5) is 4.39 Å². The van der Waals surface area contributed by atoms with Crippen LogP contribution < -0.4 is 4.74 Å². The molecule has 1 aromatic carbocycles. The Balaban J connectivity index is 1.78. The Labute approximate surface area is 116 Å². The predicted octanol–water partition coefficient (Wildman–Crippen LogP) is 1.53. The number of likely N-dealkylation sites (tertiary alicyclic amines) is 1. The first-order valence-electron chi connectivity index (χ1n) is 6.45. The van der Waals surface area contributed by atoms with Crippen LogP contribution in [0.5, 0.6) is 5.75 Å². The number of carbonyl (C=O) groups is 2. The largest absolute Gasteiger partial charge is 0.484 e. The van der Waals surface area contributed by atoms with Gasteiger partial charge in [0.05, 0.1) is 5.92 Å². The zero-order valence-corrected chi connectivity index (χ0v) is 10.9. The topological polar surface area (TPSA) is 66.8 Å². The van der Waals surface area contributed by atoms with Gasteiger partial charge in [0.25, 0.3) is 5.91 Å². The van der Waals surface area contributed by atoms with E-state index in [-0.39, 0.29) is 24.2 Å². The number of aliphatic carboxylic acids is 1. The Morgan fingerprint density at radius 1 is 1.25 bits per heavy atom. The monoisotopic (exact) mass is 281 g/mol. The van der Waals surface area contributed by atoms with Crippen LogP contribution in [0.1, 0.15) is 12.8 Å². The number of carboxylic acid groups (broad SMARTS) is 1. The molecule has 0 aromatic heterocycles. The number of piperidine rings is 1. The molecule has 0 bridgehead atoms. The second-order valence-corrected chi connectivity index (χ2v) is 4.74. The molecule has 1 amide bonds. The van der Waals surface area contributed by atoms with E-state index in [1.807, 2.05) is 0 Å². The Bertz CT molecular complexity index is 480. The molecular weight excluding hydrogens is 265 g/mol. The molecule has 1 aliphatic heterocycles. The van der Waals surface area contributed by atoms with Crippen molar-refractivity contribution < 1.29 is 23.8 Å². The number of nitrogens with zero attached hydrogens (tertiary/aromatic N) is 1. The van der Waals surface area contributed by atoms with Crippen molar-refractivity contribution in [1.82, 2.24) is 4.90 Å². The molecule has 0 radical (unpaired) electrons. The molecule has 1 heterocycles. The van der Waals surface area contributed by atoms with Crippen molar-refractivity contribution in [2.24, 2.45) is 5.92 Å². The van der Waals surface area contributed by atoms with Gasteiger partial charge in [-0.05, 0) is 37.1 Å². The Kier molecular flexibility index (Phi) is 4.55. The molecule has 0 aliphatic carbocycles. The average molecular weight is 281 g/mol. The van der Waals surface area contributed by atoms with E-state index < -0.39 is 5.97 Å². The molecule has 20 heavy (non-hydrogen) atoms. The molecule has 1 saturated heterocycles. The summed E-state index contributed by atoms with van der Waals surface area (Å²) in [7, 11) is 0. The summed E-state index contributed by atoms with van der Waals surface area (Å²) in [5, 5.41) is 8.88. The van der Waals surface area contributed by atoms with Crippen LogP contribution in [-0.2, 0) is 9.59 Å². The van der Waals surface area contributed by atoms with Crippen LogP contribution in [0.25, 0.3) is 0 Å². The number of hydrogen-bond acceptors (Lipinski definition) is 3. The van der Waals surface area contributed by atoms with Gasteiger partial charge in [-0.1, -0.05) is 0 Å². The number of hydrogen-bond donors (Lipinski definition) is 1. The molecule has 0 unspecified atom stereocenters. The molecule has 0 saturated carbocycles. The summed E-state index contributed by atoms with van der Waals surface area (Å²) in [5.41, 5.74) is 0. The number of amides is 1. The highest BCUT2D eigenvalue weighted by Gasteiger charge is 2.26. The highest BCUT2D eigenvalue weighted by molar-refractivity contribution is 5.78. The Hall–Kier alpha value is -2.11. The van der Waals surface area contributed by atoms with Crippen molar-refractivity contribution in [1.29, 1.82) is 0 Å². The number of benzene rings is 1. The van der Waals surface area contributed by atoms with Crippen molar-refractivity contribution in [2.45, 2.75) is 12.8 Å². The molecule has 108 valence electrons. The van der Waals surface area contributed by atoms with Gasteiger partial charge in [-0.2, -0.15) is 0 Å². The van der Waals surface area contributed by atoms with E-state index in [2.05, 4.69) is 0 Å². The van der Waals surface area contributed by atoms with Crippen molar-refractivity contribution in [3.63, 3.8) is 0 Å². The zero-order valence-electron chi connectivity index (χ0n) is 10.9. The molecular formula is C14H16FNO4. The maximum absolute atomic E-state index is 12.7. The van der Waals surface area contributed by atoms with E-state index in [0.717, 1.165) is 0 Å². The van der Waals surface area contributed by atoms with E-state index in [1.54, 1.807) is 4.90 Å². The Morgan fingerprint density at radius 2 is 1.85 bits per heavy atom. The maximum atomic E-state index is 12.7. The van der Waals surface area contributed by atoms with Gasteiger partial charge in [0, 0.05) is 13.1 Å². The van der Waals surface area contributed by atoms with Crippen LogP contribution >= 0.6 is 0 Å². The van der Waals surface area contributed by atoms with Crippen molar-refractivity contribution in [3.8, 4) is 5.75 Å². The highest BCUT2D eigenvalue weighted by Crippen LogP contribution is 2.18. The predicted molar refractivity (Wildman–Crippen MR) is 68.8 cm³/mol. The fourth-order valence-corrected chi connectivity index (χ4v) is 2.14. The second kappa shape index (κ2) is 6.36. The number of halogens is 1. The molecule has 0 atom stereocenters. The van der Waals surface area contributed by atoms with Crippen LogP contribution in [0.2, 0.25) is 0 Å². The lowest BCUT2D eigenvalue weighted by Gasteiger charge is -2.30. The van der Waals surface area contributed by atoms with E-state index in [1.165, 1.54) is 24.3 Å². The molecule has 1 aliphatic rings. The van der Waals surface area contributed by atoms with E-state index >= 15 is 0 Å². The molecule has 1 fully saturated rings. The first-order valence-corrected chi connectivity index (χ1v) is 6.45. The molecule has 6 heteroatoms. The number of carbonyl (C=O) groups excluding carboxylic acids is 1. The number of ether oxygens (including phenoxy) is 1. The van der Waals surface area contributed by atoms with Crippen molar-refractivity contribution in [2.75, 3.05) is 19.7 Å². The minimum Gasteiger partial charge on any atom is -0.484 e. The summed E-state index contributed by atoms with van der Waals surface area (Å²) in [6, 6.07) is 5.44. The zero-order chi connectivity index (χ0) is 14.5. The van der Waals surface area contributed by atoms with Crippen molar-refractivity contribution >= 4 is 11.9 Å². The number of rotatable bonds is 4. The molecule has 5 nitrogen and oxygen atoms in total. The highest BCUT2D eigenvalue weighted by atomic mass is 19.1. The van der Waals surface area contributed by atoms with Gasteiger partial charge in [0.15, 0.2) is 6.61 Å². The Morgan fingerprint density at radius 3 is 2.40 bits per heavy atom. The van der Waals surface area contributed by atoms with Gasteiger partial charge >= 0.3 is 5.97 Å². The maximum Gasteiger partial charge on any atom is 0.306 e. The van der Waals surface area contributed by atoms with Crippen LogP contribution in [0, 0.1) is 11.7 Å². The summed E-state index contributed by atoms with van der Waals surface area (Å²) in [6.45, 7) is 0.745. The third-order valence-electron chi connectivity index (χ3n) is 3.37. The summed E-state index contributed by atoms with van der Waals surface area (Å²) in [6.07, 6.45) is 0.940. The van der Waals surface area contributed by atoms with Gasteiger partial charge in [0.1, 0.15) is 11.6 Å². The smallest absolute Gasteiger partial charge is 0.306 e.